The highest BCUT2D eigenvalue weighted by atomic mass is 15.3. The summed E-state index contributed by atoms with van der Waals surface area (Å²) in [4.78, 5) is 9.62. The number of hydrogen-bond acceptors (Lipinski definition) is 3. The zero-order valence-electron chi connectivity index (χ0n) is 16.4. The van der Waals surface area contributed by atoms with Crippen molar-refractivity contribution in [2.45, 2.75) is 27.7 Å². The van der Waals surface area contributed by atoms with Crippen molar-refractivity contribution in [3.8, 4) is 17.1 Å². The van der Waals surface area contributed by atoms with Gasteiger partial charge in [-0.25, -0.2) is 14.5 Å². The lowest BCUT2D eigenvalue weighted by molar-refractivity contribution is 0.925. The molecule has 0 saturated heterocycles. The maximum Gasteiger partial charge on any atom is 0.182 e. The summed E-state index contributed by atoms with van der Waals surface area (Å²) in [6, 6.07) is 16.7. The van der Waals surface area contributed by atoms with E-state index in [1.807, 2.05) is 0 Å². The fourth-order valence-corrected chi connectivity index (χ4v) is 3.79. The Balaban J connectivity index is 1.80. The molecule has 0 atom stereocenters. The molecule has 5 nitrogen and oxygen atoms in total. The molecule has 0 spiro atoms. The SMILES string of the molecule is Cc1ccc(-c2nc3c4c(C)c(C)n(-c5ccccc5C)c4ncn3n2)cc1. The van der Waals surface area contributed by atoms with Crippen LogP contribution in [0.25, 0.3) is 33.8 Å². The predicted octanol–water partition coefficient (Wildman–Crippen LogP) is 4.97. The summed E-state index contributed by atoms with van der Waals surface area (Å²) in [6.07, 6.45) is 1.76. The molecule has 3 heterocycles. The third kappa shape index (κ3) is 2.36. The number of aryl methyl sites for hydroxylation is 3. The Bertz CT molecular complexity index is 1340. The van der Waals surface area contributed by atoms with Crippen molar-refractivity contribution in [3.63, 3.8) is 0 Å². The molecular weight excluding hydrogens is 346 g/mol. The molecule has 3 aromatic heterocycles. The van der Waals surface area contributed by atoms with Gasteiger partial charge in [0.15, 0.2) is 17.1 Å². The summed E-state index contributed by atoms with van der Waals surface area (Å²) in [5.74, 6) is 0.718. The van der Waals surface area contributed by atoms with Crippen LogP contribution in [-0.2, 0) is 0 Å². The molecule has 5 rings (SSSR count). The second-order valence-corrected chi connectivity index (χ2v) is 7.35. The van der Waals surface area contributed by atoms with Gasteiger partial charge in [0.2, 0.25) is 0 Å². The quantitative estimate of drug-likeness (QED) is 0.443. The number of para-hydroxylation sites is 1. The van der Waals surface area contributed by atoms with Gasteiger partial charge in [-0.05, 0) is 44.9 Å². The van der Waals surface area contributed by atoms with E-state index in [1.165, 1.54) is 22.4 Å². The lowest BCUT2D eigenvalue weighted by Gasteiger charge is -2.10. The average Bonchev–Trinajstić information content (AvgIpc) is 3.23. The summed E-state index contributed by atoms with van der Waals surface area (Å²) >= 11 is 0. The highest BCUT2D eigenvalue weighted by Gasteiger charge is 2.19. The lowest BCUT2D eigenvalue weighted by atomic mass is 10.1. The smallest absolute Gasteiger partial charge is 0.182 e. The molecule has 0 saturated carbocycles. The first-order valence-electron chi connectivity index (χ1n) is 9.40. The fraction of sp³-hybridized carbons (Fsp3) is 0.174. The molecular formula is C23H21N5. The molecule has 2 aromatic carbocycles. The first-order valence-corrected chi connectivity index (χ1v) is 9.40. The Hall–Kier alpha value is -3.47. The molecule has 5 aromatic rings. The average molecular weight is 367 g/mol. The maximum atomic E-state index is 4.87. The topological polar surface area (TPSA) is 48.0 Å². The van der Waals surface area contributed by atoms with E-state index >= 15 is 0 Å². The molecule has 0 aliphatic heterocycles. The van der Waals surface area contributed by atoms with Crippen LogP contribution in [0.4, 0.5) is 0 Å². The number of rotatable bonds is 2. The van der Waals surface area contributed by atoms with Crippen LogP contribution >= 0.6 is 0 Å². The van der Waals surface area contributed by atoms with Gasteiger partial charge in [0.1, 0.15) is 6.33 Å². The minimum Gasteiger partial charge on any atom is -0.298 e. The molecule has 0 radical (unpaired) electrons. The molecule has 0 aliphatic rings. The van der Waals surface area contributed by atoms with E-state index in [0.717, 1.165) is 33.8 Å². The van der Waals surface area contributed by atoms with Crippen molar-refractivity contribution in [1.82, 2.24) is 24.1 Å². The molecule has 0 N–H and O–H groups in total. The van der Waals surface area contributed by atoms with Gasteiger partial charge in [0.25, 0.3) is 0 Å². The zero-order chi connectivity index (χ0) is 19.4. The van der Waals surface area contributed by atoms with Crippen LogP contribution in [0.15, 0.2) is 54.9 Å². The van der Waals surface area contributed by atoms with Crippen LogP contribution in [0.1, 0.15) is 22.4 Å². The van der Waals surface area contributed by atoms with Gasteiger partial charge in [-0.15, -0.1) is 5.10 Å². The van der Waals surface area contributed by atoms with Crippen LogP contribution in [0.3, 0.4) is 0 Å². The second-order valence-electron chi connectivity index (χ2n) is 7.35. The number of nitrogens with zero attached hydrogens (tertiary/aromatic N) is 5. The van der Waals surface area contributed by atoms with Gasteiger partial charge in [-0.2, -0.15) is 0 Å². The van der Waals surface area contributed by atoms with Crippen molar-refractivity contribution in [3.05, 3.63) is 77.2 Å². The Labute approximate surface area is 163 Å². The first kappa shape index (κ1) is 16.7. The van der Waals surface area contributed by atoms with E-state index in [2.05, 4.69) is 85.9 Å². The minimum absolute atomic E-state index is 0.718. The maximum absolute atomic E-state index is 4.87. The van der Waals surface area contributed by atoms with Crippen LogP contribution in [0, 0.1) is 27.7 Å². The third-order valence-electron chi connectivity index (χ3n) is 5.50. The van der Waals surface area contributed by atoms with E-state index in [1.54, 1.807) is 10.8 Å². The number of benzene rings is 2. The summed E-state index contributed by atoms with van der Waals surface area (Å²) < 4.78 is 4.01. The molecule has 0 bridgehead atoms. The van der Waals surface area contributed by atoms with Gasteiger partial charge in [-0.1, -0.05) is 48.0 Å². The highest BCUT2D eigenvalue weighted by Crippen LogP contribution is 2.31. The molecule has 0 amide bonds. The van der Waals surface area contributed by atoms with E-state index < -0.39 is 0 Å². The standard InChI is InChI=1S/C23H21N5/c1-14-9-11-18(12-10-14)21-25-23-20-16(3)17(4)28(19-8-6-5-7-15(19)2)22(20)24-13-27(23)26-21/h5-13H,1-4H3. The molecule has 0 aliphatic carbocycles. The Morgan fingerprint density at radius 3 is 2.32 bits per heavy atom. The summed E-state index contributed by atoms with van der Waals surface area (Å²) in [6.45, 7) is 8.47. The van der Waals surface area contributed by atoms with Crippen LogP contribution < -0.4 is 0 Å². The lowest BCUT2D eigenvalue weighted by Crippen LogP contribution is -2.01. The van der Waals surface area contributed by atoms with Gasteiger partial charge in [-0.3, -0.25) is 4.57 Å². The van der Waals surface area contributed by atoms with E-state index in [9.17, 15) is 0 Å². The zero-order valence-corrected chi connectivity index (χ0v) is 16.4. The van der Waals surface area contributed by atoms with Gasteiger partial charge >= 0.3 is 0 Å². The second kappa shape index (κ2) is 6.02. The number of hydrogen-bond donors (Lipinski definition) is 0. The van der Waals surface area contributed by atoms with Crippen molar-refractivity contribution in [1.29, 1.82) is 0 Å². The molecule has 0 unspecified atom stereocenters. The van der Waals surface area contributed by atoms with Gasteiger partial charge < -0.3 is 0 Å². The first-order chi connectivity index (χ1) is 13.5. The number of fused-ring (bicyclic) bond motifs is 3. The minimum atomic E-state index is 0.718. The summed E-state index contributed by atoms with van der Waals surface area (Å²) in [5.41, 5.74) is 8.70. The Morgan fingerprint density at radius 2 is 1.57 bits per heavy atom. The van der Waals surface area contributed by atoms with E-state index in [-0.39, 0.29) is 0 Å². The van der Waals surface area contributed by atoms with Crippen LogP contribution in [-0.4, -0.2) is 24.1 Å². The number of aromatic nitrogens is 5. The molecule has 138 valence electrons. The van der Waals surface area contributed by atoms with Gasteiger partial charge in [0, 0.05) is 11.3 Å². The predicted molar refractivity (Wildman–Crippen MR) is 112 cm³/mol. The van der Waals surface area contributed by atoms with Gasteiger partial charge in [0.05, 0.1) is 11.1 Å². The normalized spacial score (nSPS) is 11.6. The van der Waals surface area contributed by atoms with Crippen molar-refractivity contribution < 1.29 is 0 Å². The van der Waals surface area contributed by atoms with Crippen LogP contribution in [0.5, 0.6) is 0 Å². The van der Waals surface area contributed by atoms with E-state index in [4.69, 9.17) is 9.97 Å². The van der Waals surface area contributed by atoms with Crippen LogP contribution in [0.2, 0.25) is 0 Å². The monoisotopic (exact) mass is 367 g/mol. The highest BCUT2D eigenvalue weighted by molar-refractivity contribution is 5.95. The van der Waals surface area contributed by atoms with Crippen molar-refractivity contribution >= 4 is 16.7 Å². The van der Waals surface area contributed by atoms with Crippen molar-refractivity contribution in [2.75, 3.05) is 0 Å². The fourth-order valence-electron chi connectivity index (χ4n) is 3.79. The summed E-state index contributed by atoms with van der Waals surface area (Å²) in [5, 5.41) is 5.72. The Kier molecular flexibility index (Phi) is 3.59. The largest absolute Gasteiger partial charge is 0.298 e. The molecule has 28 heavy (non-hydrogen) atoms. The van der Waals surface area contributed by atoms with Crippen molar-refractivity contribution in [2.24, 2.45) is 0 Å². The molecule has 0 fully saturated rings. The Morgan fingerprint density at radius 1 is 0.821 bits per heavy atom. The molecule has 5 heteroatoms. The third-order valence-corrected chi connectivity index (χ3v) is 5.50. The van der Waals surface area contributed by atoms with E-state index in [0.29, 0.717) is 0 Å². The summed E-state index contributed by atoms with van der Waals surface area (Å²) in [7, 11) is 0.